The van der Waals surface area contributed by atoms with Gasteiger partial charge in [-0.05, 0) is 55.7 Å². The molecule has 0 bridgehead atoms. The highest BCUT2D eigenvalue weighted by atomic mass is 35.5. The van der Waals surface area contributed by atoms with E-state index in [1.54, 1.807) is 0 Å². The summed E-state index contributed by atoms with van der Waals surface area (Å²) in [6.07, 6.45) is 9.87. The number of benzene rings is 1. The highest BCUT2D eigenvalue weighted by Gasteiger charge is 2.33. The zero-order valence-electron chi connectivity index (χ0n) is 16.7. The van der Waals surface area contributed by atoms with E-state index in [0.717, 1.165) is 66.6 Å². The van der Waals surface area contributed by atoms with Gasteiger partial charge < -0.3 is 18.8 Å². The van der Waals surface area contributed by atoms with Crippen molar-refractivity contribution in [2.75, 3.05) is 13.2 Å². The van der Waals surface area contributed by atoms with Crippen LogP contribution in [0, 0.1) is 5.92 Å². The Morgan fingerprint density at radius 1 is 1.27 bits per heavy atom. The van der Waals surface area contributed by atoms with Crippen molar-refractivity contribution >= 4 is 28.9 Å². The monoisotopic (exact) mass is 425 g/mol. The van der Waals surface area contributed by atoms with Crippen LogP contribution in [0.5, 0.6) is 5.75 Å². The number of halogens is 1. The maximum atomic E-state index is 11.0. The molecule has 0 spiro atoms. The molecule has 0 radical (unpaired) electrons. The zero-order valence-corrected chi connectivity index (χ0v) is 17.4. The SMILES string of the molecule is O=CC1CC(c2cn(-c3cccc(OCC4CCCCO4)c3)c3c(Cl)ncnc23)C1. The van der Waals surface area contributed by atoms with Crippen LogP contribution < -0.4 is 4.74 Å². The highest BCUT2D eigenvalue weighted by Crippen LogP contribution is 2.44. The summed E-state index contributed by atoms with van der Waals surface area (Å²) in [5.74, 6) is 1.25. The zero-order chi connectivity index (χ0) is 20.5. The largest absolute Gasteiger partial charge is 0.491 e. The Morgan fingerprint density at radius 3 is 2.97 bits per heavy atom. The van der Waals surface area contributed by atoms with Crippen molar-refractivity contribution in [1.29, 1.82) is 0 Å². The fraction of sp³-hybridized carbons (Fsp3) is 0.435. The summed E-state index contributed by atoms with van der Waals surface area (Å²) in [4.78, 5) is 19.7. The molecular formula is C23H24ClN3O3. The van der Waals surface area contributed by atoms with Crippen LogP contribution >= 0.6 is 11.6 Å². The van der Waals surface area contributed by atoms with Gasteiger partial charge in [0.1, 0.15) is 30.5 Å². The molecule has 1 atom stereocenters. The van der Waals surface area contributed by atoms with Crippen molar-refractivity contribution in [2.45, 2.75) is 44.1 Å². The van der Waals surface area contributed by atoms with Crippen molar-refractivity contribution in [1.82, 2.24) is 14.5 Å². The van der Waals surface area contributed by atoms with Crippen LogP contribution in [0.15, 0.2) is 36.8 Å². The lowest BCUT2D eigenvalue weighted by atomic mass is 9.72. The molecule has 1 unspecified atom stereocenters. The molecule has 5 rings (SSSR count). The topological polar surface area (TPSA) is 66.2 Å². The molecular weight excluding hydrogens is 402 g/mol. The second-order valence-corrected chi connectivity index (χ2v) is 8.54. The number of carbonyl (C=O) groups is 1. The summed E-state index contributed by atoms with van der Waals surface area (Å²) in [5.41, 5.74) is 3.70. The number of nitrogens with zero attached hydrogens (tertiary/aromatic N) is 3. The van der Waals surface area contributed by atoms with Gasteiger partial charge >= 0.3 is 0 Å². The van der Waals surface area contributed by atoms with Gasteiger partial charge in [-0.25, -0.2) is 9.97 Å². The minimum absolute atomic E-state index is 0.143. The van der Waals surface area contributed by atoms with Crippen molar-refractivity contribution in [2.24, 2.45) is 5.92 Å². The fourth-order valence-corrected chi connectivity index (χ4v) is 4.65. The van der Waals surface area contributed by atoms with Crippen LogP contribution in [0.1, 0.15) is 43.6 Å². The Hall–Kier alpha value is -2.44. The maximum absolute atomic E-state index is 11.0. The van der Waals surface area contributed by atoms with E-state index in [0.29, 0.717) is 17.7 Å². The second kappa shape index (κ2) is 8.36. The lowest BCUT2D eigenvalue weighted by Crippen LogP contribution is -2.25. The van der Waals surface area contributed by atoms with Crippen molar-refractivity contribution in [3.8, 4) is 11.4 Å². The molecule has 6 nitrogen and oxygen atoms in total. The molecule has 30 heavy (non-hydrogen) atoms. The highest BCUT2D eigenvalue weighted by molar-refractivity contribution is 6.33. The first-order valence-corrected chi connectivity index (χ1v) is 10.9. The Bertz CT molecular complexity index is 1060. The Balaban J connectivity index is 1.45. The van der Waals surface area contributed by atoms with E-state index < -0.39 is 0 Å². The Labute approximate surface area is 180 Å². The predicted octanol–water partition coefficient (Wildman–Crippen LogP) is 4.71. The van der Waals surface area contributed by atoms with Crippen molar-refractivity contribution in [3.63, 3.8) is 0 Å². The van der Waals surface area contributed by atoms with Gasteiger partial charge in [0, 0.05) is 30.5 Å². The molecule has 1 saturated carbocycles. The van der Waals surface area contributed by atoms with E-state index in [1.165, 1.54) is 12.7 Å². The van der Waals surface area contributed by atoms with Crippen LogP contribution in [0.3, 0.4) is 0 Å². The van der Waals surface area contributed by atoms with Crippen LogP contribution in [-0.4, -0.2) is 40.1 Å². The number of aldehydes is 1. The summed E-state index contributed by atoms with van der Waals surface area (Å²) in [7, 11) is 0. The molecule has 2 fully saturated rings. The van der Waals surface area contributed by atoms with Gasteiger partial charge in [0.25, 0.3) is 0 Å². The molecule has 2 aliphatic rings. The standard InChI is InChI=1S/C23H24ClN3O3/c24-23-22-21(25-14-26-23)20(16-8-15(9-16)12-28)11-27(22)17-4-3-6-18(10-17)30-13-19-5-1-2-7-29-19/h3-4,6,10-12,14-16,19H,1-2,5,7-9,13H2. The smallest absolute Gasteiger partial charge is 0.157 e. The third-order valence-electron chi connectivity index (χ3n) is 6.17. The molecule has 7 heteroatoms. The number of fused-ring (bicyclic) bond motifs is 1. The van der Waals surface area contributed by atoms with E-state index in [2.05, 4.69) is 16.2 Å². The number of ether oxygens (including phenoxy) is 2. The van der Waals surface area contributed by atoms with Gasteiger partial charge in [-0.3, -0.25) is 0 Å². The maximum Gasteiger partial charge on any atom is 0.157 e. The minimum atomic E-state index is 0.143. The molecule has 3 heterocycles. The van der Waals surface area contributed by atoms with Gasteiger partial charge in [0.05, 0.1) is 11.6 Å². The molecule has 1 aliphatic carbocycles. The molecule has 156 valence electrons. The van der Waals surface area contributed by atoms with Crippen LogP contribution in [0.25, 0.3) is 16.7 Å². The van der Waals surface area contributed by atoms with Gasteiger partial charge in [-0.2, -0.15) is 0 Å². The lowest BCUT2D eigenvalue weighted by molar-refractivity contribution is -0.113. The first-order chi connectivity index (χ1) is 14.7. The minimum Gasteiger partial charge on any atom is -0.491 e. The first kappa shape index (κ1) is 19.5. The Kier molecular flexibility index (Phi) is 5.44. The second-order valence-electron chi connectivity index (χ2n) is 8.18. The number of carbonyl (C=O) groups excluding carboxylic acids is 1. The molecule has 0 amide bonds. The fourth-order valence-electron chi connectivity index (χ4n) is 4.43. The summed E-state index contributed by atoms with van der Waals surface area (Å²) in [6.45, 7) is 1.37. The van der Waals surface area contributed by atoms with Crippen LogP contribution in [-0.2, 0) is 9.53 Å². The average Bonchev–Trinajstić information content (AvgIpc) is 3.13. The number of hydrogen-bond acceptors (Lipinski definition) is 5. The van der Waals surface area contributed by atoms with E-state index in [4.69, 9.17) is 21.1 Å². The van der Waals surface area contributed by atoms with Gasteiger partial charge in [-0.15, -0.1) is 0 Å². The molecule has 0 N–H and O–H groups in total. The third kappa shape index (κ3) is 3.70. The summed E-state index contributed by atoms with van der Waals surface area (Å²) in [6, 6.07) is 7.95. The van der Waals surface area contributed by atoms with Gasteiger partial charge in [0.2, 0.25) is 0 Å². The number of hydrogen-bond donors (Lipinski definition) is 0. The quantitative estimate of drug-likeness (QED) is 0.422. The summed E-state index contributed by atoms with van der Waals surface area (Å²) < 4.78 is 13.8. The van der Waals surface area contributed by atoms with Crippen LogP contribution in [0.2, 0.25) is 5.15 Å². The van der Waals surface area contributed by atoms with E-state index >= 15 is 0 Å². The number of rotatable bonds is 6. The van der Waals surface area contributed by atoms with Gasteiger partial charge in [-0.1, -0.05) is 17.7 Å². The van der Waals surface area contributed by atoms with E-state index in [9.17, 15) is 4.79 Å². The van der Waals surface area contributed by atoms with Gasteiger partial charge in [0.15, 0.2) is 5.15 Å². The van der Waals surface area contributed by atoms with Crippen molar-refractivity contribution < 1.29 is 14.3 Å². The molecule has 1 aromatic carbocycles. The lowest BCUT2D eigenvalue weighted by Gasteiger charge is -2.31. The van der Waals surface area contributed by atoms with Crippen molar-refractivity contribution in [3.05, 3.63) is 47.5 Å². The first-order valence-electron chi connectivity index (χ1n) is 10.5. The van der Waals surface area contributed by atoms with E-state index in [1.807, 2.05) is 28.8 Å². The Morgan fingerprint density at radius 2 is 2.17 bits per heavy atom. The molecule has 1 aliphatic heterocycles. The average molecular weight is 426 g/mol. The molecule has 2 aromatic heterocycles. The summed E-state index contributed by atoms with van der Waals surface area (Å²) in [5, 5.41) is 0.416. The molecule has 1 saturated heterocycles. The molecule has 3 aromatic rings. The normalized spacial score (nSPS) is 23.8. The van der Waals surface area contributed by atoms with E-state index in [-0.39, 0.29) is 12.0 Å². The predicted molar refractivity (Wildman–Crippen MR) is 114 cm³/mol. The third-order valence-corrected chi connectivity index (χ3v) is 6.45. The van der Waals surface area contributed by atoms with Crippen LogP contribution in [0.4, 0.5) is 0 Å². The number of aromatic nitrogens is 3. The summed E-state index contributed by atoms with van der Waals surface area (Å²) >= 11 is 6.47.